The lowest BCUT2D eigenvalue weighted by molar-refractivity contribution is 0.266. The summed E-state index contributed by atoms with van der Waals surface area (Å²) in [7, 11) is -3.67. The molecular formula is C14H18N4O3S. The van der Waals surface area contributed by atoms with E-state index in [1.165, 1.54) is 4.31 Å². The second-order valence-electron chi connectivity index (χ2n) is 5.56. The van der Waals surface area contributed by atoms with Crippen LogP contribution in [0.3, 0.4) is 0 Å². The topological polar surface area (TPSA) is 102 Å². The number of hydrogen-bond acceptors (Lipinski definition) is 5. The maximum absolute atomic E-state index is 11.5. The van der Waals surface area contributed by atoms with E-state index in [1.54, 1.807) is 0 Å². The molecule has 7 nitrogen and oxygen atoms in total. The molecule has 1 saturated heterocycles. The highest BCUT2D eigenvalue weighted by Crippen LogP contribution is 2.28. The van der Waals surface area contributed by atoms with Gasteiger partial charge in [-0.15, -0.1) is 0 Å². The van der Waals surface area contributed by atoms with E-state index in [-0.39, 0.29) is 12.5 Å². The van der Waals surface area contributed by atoms with Gasteiger partial charge in [0, 0.05) is 18.7 Å². The summed E-state index contributed by atoms with van der Waals surface area (Å²) in [6.07, 6.45) is 1.53. The van der Waals surface area contributed by atoms with Crippen LogP contribution in [-0.2, 0) is 10.2 Å². The van der Waals surface area contributed by atoms with Gasteiger partial charge in [0.05, 0.1) is 5.92 Å². The molecular weight excluding hydrogens is 304 g/mol. The molecule has 1 unspecified atom stereocenters. The summed E-state index contributed by atoms with van der Waals surface area (Å²) in [4.78, 5) is 4.41. The van der Waals surface area contributed by atoms with Gasteiger partial charge in [-0.25, -0.2) is 5.14 Å². The molecule has 3 rings (SSSR count). The zero-order chi connectivity index (χ0) is 15.7. The van der Waals surface area contributed by atoms with Crippen molar-refractivity contribution in [1.82, 2.24) is 14.4 Å². The number of hydrogen-bond donors (Lipinski definition) is 1. The average Bonchev–Trinajstić information content (AvgIpc) is 2.97. The molecule has 0 amide bonds. The second-order valence-corrected chi connectivity index (χ2v) is 7.11. The molecule has 0 radical (unpaired) electrons. The summed E-state index contributed by atoms with van der Waals surface area (Å²) >= 11 is 0. The van der Waals surface area contributed by atoms with E-state index in [9.17, 15) is 8.42 Å². The highest BCUT2D eigenvalue weighted by Gasteiger charge is 2.30. The van der Waals surface area contributed by atoms with E-state index in [2.05, 4.69) is 10.1 Å². The second kappa shape index (κ2) is 5.79. The number of nitrogens with zero attached hydrogens (tertiary/aromatic N) is 3. The van der Waals surface area contributed by atoms with Crippen LogP contribution in [0.4, 0.5) is 0 Å². The summed E-state index contributed by atoms with van der Waals surface area (Å²) in [6.45, 7) is 2.73. The fraction of sp³-hybridized carbons (Fsp3) is 0.429. The summed E-state index contributed by atoms with van der Waals surface area (Å²) in [6, 6.07) is 7.83. The van der Waals surface area contributed by atoms with Crippen LogP contribution in [0.25, 0.3) is 11.4 Å². The van der Waals surface area contributed by atoms with Crippen molar-refractivity contribution in [2.75, 3.05) is 13.1 Å². The molecule has 1 aliphatic rings. The van der Waals surface area contributed by atoms with Gasteiger partial charge in [-0.05, 0) is 19.8 Å². The van der Waals surface area contributed by atoms with E-state index in [1.807, 2.05) is 31.2 Å². The average molecular weight is 322 g/mol. The van der Waals surface area contributed by atoms with E-state index >= 15 is 0 Å². The van der Waals surface area contributed by atoms with Crippen LogP contribution in [0.2, 0.25) is 0 Å². The van der Waals surface area contributed by atoms with Gasteiger partial charge in [-0.1, -0.05) is 35.0 Å². The highest BCUT2D eigenvalue weighted by atomic mass is 32.2. The first-order valence-electron chi connectivity index (χ1n) is 7.12. The van der Waals surface area contributed by atoms with Gasteiger partial charge in [0.1, 0.15) is 0 Å². The Morgan fingerprint density at radius 2 is 2.05 bits per heavy atom. The molecule has 2 N–H and O–H groups in total. The molecule has 1 aromatic heterocycles. The van der Waals surface area contributed by atoms with Gasteiger partial charge in [0.15, 0.2) is 0 Å². The lowest BCUT2D eigenvalue weighted by atomic mass is 10.00. The van der Waals surface area contributed by atoms with Gasteiger partial charge in [-0.3, -0.25) is 0 Å². The summed E-state index contributed by atoms with van der Waals surface area (Å²) in [5, 5.41) is 9.19. The molecule has 2 heterocycles. The highest BCUT2D eigenvalue weighted by molar-refractivity contribution is 7.86. The molecule has 2 aromatic rings. The van der Waals surface area contributed by atoms with Crippen molar-refractivity contribution < 1.29 is 12.9 Å². The molecule has 1 atom stereocenters. The van der Waals surface area contributed by atoms with Crippen molar-refractivity contribution in [3.63, 3.8) is 0 Å². The molecule has 118 valence electrons. The van der Waals surface area contributed by atoms with Crippen LogP contribution in [0.15, 0.2) is 28.8 Å². The number of rotatable bonds is 3. The van der Waals surface area contributed by atoms with Crippen LogP contribution in [-0.4, -0.2) is 36.0 Å². The third-order valence-corrected chi connectivity index (χ3v) is 4.90. The minimum absolute atomic E-state index is 0.112. The normalized spacial score (nSPS) is 20.2. The Hall–Kier alpha value is -1.77. The standard InChI is InChI=1S/C14H18N4O3S/c1-10-4-6-11(7-5-10)13-16-14(21-17-13)12-3-2-8-18(9-12)22(15,19)20/h4-7,12H,2-3,8-9H2,1H3,(H2,15,19,20). The number of benzene rings is 1. The monoisotopic (exact) mass is 322 g/mol. The fourth-order valence-electron chi connectivity index (χ4n) is 2.60. The summed E-state index contributed by atoms with van der Waals surface area (Å²) in [5.41, 5.74) is 2.03. The molecule has 0 saturated carbocycles. The summed E-state index contributed by atoms with van der Waals surface area (Å²) < 4.78 is 29.5. The Morgan fingerprint density at radius 1 is 1.32 bits per heavy atom. The van der Waals surface area contributed by atoms with Crippen molar-refractivity contribution >= 4 is 10.2 Å². The van der Waals surface area contributed by atoms with Crippen molar-refractivity contribution in [3.8, 4) is 11.4 Å². The van der Waals surface area contributed by atoms with E-state index in [4.69, 9.17) is 9.66 Å². The van der Waals surface area contributed by atoms with Crippen LogP contribution in [0.1, 0.15) is 30.2 Å². The molecule has 0 spiro atoms. The Kier molecular flexibility index (Phi) is 3.98. The van der Waals surface area contributed by atoms with Crippen LogP contribution < -0.4 is 5.14 Å². The number of nitrogens with two attached hydrogens (primary N) is 1. The number of aromatic nitrogens is 2. The maximum atomic E-state index is 11.5. The van der Waals surface area contributed by atoms with Gasteiger partial charge in [-0.2, -0.15) is 17.7 Å². The SMILES string of the molecule is Cc1ccc(-c2noc(C3CCCN(S(N)(=O)=O)C3)n2)cc1. The predicted octanol–water partition coefficient (Wildman–Crippen LogP) is 1.43. The number of piperidine rings is 1. The molecule has 8 heteroatoms. The number of aryl methyl sites for hydroxylation is 1. The largest absolute Gasteiger partial charge is 0.339 e. The van der Waals surface area contributed by atoms with E-state index < -0.39 is 10.2 Å². The Labute approximate surface area is 129 Å². The molecule has 0 aliphatic carbocycles. The molecule has 1 aromatic carbocycles. The van der Waals surface area contributed by atoms with Crippen molar-refractivity contribution in [2.24, 2.45) is 5.14 Å². The molecule has 22 heavy (non-hydrogen) atoms. The molecule has 1 fully saturated rings. The quantitative estimate of drug-likeness (QED) is 0.921. The van der Waals surface area contributed by atoms with Gasteiger partial charge >= 0.3 is 0 Å². The third kappa shape index (κ3) is 3.18. The maximum Gasteiger partial charge on any atom is 0.276 e. The van der Waals surface area contributed by atoms with Crippen molar-refractivity contribution in [2.45, 2.75) is 25.7 Å². The third-order valence-electron chi connectivity index (χ3n) is 3.84. The van der Waals surface area contributed by atoms with E-state index in [0.29, 0.717) is 18.3 Å². The lowest BCUT2D eigenvalue weighted by Gasteiger charge is -2.28. The first-order valence-corrected chi connectivity index (χ1v) is 8.62. The zero-order valence-electron chi connectivity index (χ0n) is 12.3. The first-order chi connectivity index (χ1) is 10.4. The minimum atomic E-state index is -3.67. The van der Waals surface area contributed by atoms with Crippen molar-refractivity contribution in [1.29, 1.82) is 0 Å². The Balaban J connectivity index is 1.80. The first kappa shape index (κ1) is 15.1. The van der Waals surface area contributed by atoms with E-state index in [0.717, 1.165) is 24.0 Å². The smallest absolute Gasteiger partial charge is 0.276 e. The molecule has 0 bridgehead atoms. The Morgan fingerprint density at radius 3 is 2.73 bits per heavy atom. The van der Waals surface area contributed by atoms with Crippen molar-refractivity contribution in [3.05, 3.63) is 35.7 Å². The Bertz CT molecular complexity index is 755. The van der Waals surface area contributed by atoms with Gasteiger partial charge in [0.2, 0.25) is 11.7 Å². The lowest BCUT2D eigenvalue weighted by Crippen LogP contribution is -2.42. The van der Waals surface area contributed by atoms with Crippen LogP contribution >= 0.6 is 0 Å². The minimum Gasteiger partial charge on any atom is -0.339 e. The fourth-order valence-corrected chi connectivity index (χ4v) is 3.37. The predicted molar refractivity (Wildman–Crippen MR) is 81.1 cm³/mol. The zero-order valence-corrected chi connectivity index (χ0v) is 13.1. The van der Waals surface area contributed by atoms with Gasteiger partial charge in [0.25, 0.3) is 10.2 Å². The van der Waals surface area contributed by atoms with Crippen LogP contribution in [0.5, 0.6) is 0 Å². The van der Waals surface area contributed by atoms with Gasteiger partial charge < -0.3 is 4.52 Å². The molecule has 1 aliphatic heterocycles. The van der Waals surface area contributed by atoms with Crippen LogP contribution in [0, 0.1) is 6.92 Å². The summed E-state index contributed by atoms with van der Waals surface area (Å²) in [5.74, 6) is 0.866.